The second-order valence-corrected chi connectivity index (χ2v) is 5.05. The summed E-state index contributed by atoms with van der Waals surface area (Å²) in [6.07, 6.45) is 0.310. The lowest BCUT2D eigenvalue weighted by molar-refractivity contribution is 0.171. The van der Waals surface area contributed by atoms with Crippen LogP contribution in [0.1, 0.15) is 31.9 Å². The van der Waals surface area contributed by atoms with Gasteiger partial charge in [-0.25, -0.2) is 0 Å². The molecule has 1 unspecified atom stereocenters. The molecule has 0 aliphatic heterocycles. The van der Waals surface area contributed by atoms with Crippen LogP contribution in [0.25, 0.3) is 0 Å². The van der Waals surface area contributed by atoms with E-state index < -0.39 is 6.10 Å². The standard InChI is InChI=1S/C12H18O2S/c1-3-11(14)10-6-4-5-7-12(10)15-9(2)8-13/h4-7,9,11,13-14H,3,8H2,1-2H3/t9?,11-/m1/s1. The molecule has 1 aromatic rings. The summed E-state index contributed by atoms with van der Waals surface area (Å²) in [5, 5.41) is 19.0. The Morgan fingerprint density at radius 3 is 2.60 bits per heavy atom. The number of rotatable bonds is 5. The molecule has 0 heterocycles. The van der Waals surface area contributed by atoms with Gasteiger partial charge in [0.1, 0.15) is 0 Å². The Hall–Kier alpha value is -0.510. The Labute approximate surface area is 95.3 Å². The average molecular weight is 226 g/mol. The van der Waals surface area contributed by atoms with Crippen molar-refractivity contribution in [1.82, 2.24) is 0 Å². The second-order valence-electron chi connectivity index (χ2n) is 3.57. The van der Waals surface area contributed by atoms with Gasteiger partial charge in [0, 0.05) is 10.1 Å². The molecule has 0 spiro atoms. The third-order valence-corrected chi connectivity index (χ3v) is 3.43. The van der Waals surface area contributed by atoms with Crippen LogP contribution in [-0.2, 0) is 0 Å². The summed E-state index contributed by atoms with van der Waals surface area (Å²) >= 11 is 1.60. The molecule has 0 aliphatic rings. The zero-order chi connectivity index (χ0) is 11.3. The van der Waals surface area contributed by atoms with Crippen LogP contribution in [-0.4, -0.2) is 22.1 Å². The van der Waals surface area contributed by atoms with E-state index in [2.05, 4.69) is 0 Å². The van der Waals surface area contributed by atoms with E-state index in [9.17, 15) is 5.11 Å². The van der Waals surface area contributed by atoms with Crippen LogP contribution in [0.2, 0.25) is 0 Å². The smallest absolute Gasteiger partial charge is 0.0798 e. The molecule has 0 saturated heterocycles. The molecule has 15 heavy (non-hydrogen) atoms. The van der Waals surface area contributed by atoms with Crippen LogP contribution in [0.4, 0.5) is 0 Å². The van der Waals surface area contributed by atoms with Crippen molar-refractivity contribution in [3.05, 3.63) is 29.8 Å². The Morgan fingerprint density at radius 2 is 2.00 bits per heavy atom. The monoisotopic (exact) mass is 226 g/mol. The van der Waals surface area contributed by atoms with E-state index in [0.717, 1.165) is 10.5 Å². The van der Waals surface area contributed by atoms with Gasteiger partial charge >= 0.3 is 0 Å². The number of benzene rings is 1. The predicted molar refractivity (Wildman–Crippen MR) is 64.1 cm³/mol. The van der Waals surface area contributed by atoms with Crippen LogP contribution in [0.15, 0.2) is 29.2 Å². The maximum atomic E-state index is 9.82. The Balaban J connectivity index is 2.86. The summed E-state index contributed by atoms with van der Waals surface area (Å²) in [7, 11) is 0. The number of aliphatic hydroxyl groups is 2. The van der Waals surface area contributed by atoms with Crippen molar-refractivity contribution < 1.29 is 10.2 Å². The van der Waals surface area contributed by atoms with Gasteiger partial charge in [-0.1, -0.05) is 32.0 Å². The summed E-state index contributed by atoms with van der Waals surface area (Å²) in [5.41, 5.74) is 0.963. The van der Waals surface area contributed by atoms with Gasteiger partial charge in [0.2, 0.25) is 0 Å². The summed E-state index contributed by atoms with van der Waals surface area (Å²) in [6.45, 7) is 4.09. The Bertz CT molecular complexity index is 301. The van der Waals surface area contributed by atoms with Crippen molar-refractivity contribution in [2.45, 2.75) is 36.5 Å². The average Bonchev–Trinajstić information content (AvgIpc) is 2.28. The molecule has 3 heteroatoms. The summed E-state index contributed by atoms with van der Waals surface area (Å²) in [5.74, 6) is 0. The highest BCUT2D eigenvalue weighted by molar-refractivity contribution is 8.00. The third kappa shape index (κ3) is 3.52. The first-order valence-electron chi connectivity index (χ1n) is 5.23. The van der Waals surface area contributed by atoms with E-state index in [4.69, 9.17) is 5.11 Å². The normalized spacial score (nSPS) is 14.9. The molecule has 0 radical (unpaired) electrons. The molecule has 2 N–H and O–H groups in total. The Kier molecular flexibility index (Phi) is 5.15. The molecule has 0 fully saturated rings. The molecule has 1 aromatic carbocycles. The van der Waals surface area contributed by atoms with E-state index >= 15 is 0 Å². The lowest BCUT2D eigenvalue weighted by Crippen LogP contribution is -2.04. The topological polar surface area (TPSA) is 40.5 Å². The van der Waals surface area contributed by atoms with Crippen molar-refractivity contribution in [3.63, 3.8) is 0 Å². The van der Waals surface area contributed by atoms with Gasteiger partial charge in [-0.05, 0) is 18.1 Å². The quantitative estimate of drug-likeness (QED) is 0.758. The van der Waals surface area contributed by atoms with E-state index in [1.54, 1.807) is 11.8 Å². The largest absolute Gasteiger partial charge is 0.395 e. The molecule has 2 nitrogen and oxygen atoms in total. The first-order valence-corrected chi connectivity index (χ1v) is 6.11. The van der Waals surface area contributed by atoms with Gasteiger partial charge in [0.15, 0.2) is 0 Å². The molecule has 84 valence electrons. The van der Waals surface area contributed by atoms with Gasteiger partial charge in [0.25, 0.3) is 0 Å². The van der Waals surface area contributed by atoms with Gasteiger partial charge < -0.3 is 10.2 Å². The molecule has 2 atom stereocenters. The minimum absolute atomic E-state index is 0.154. The number of aliphatic hydroxyl groups excluding tert-OH is 2. The predicted octanol–water partition coefficient (Wildman–Crippen LogP) is 2.60. The lowest BCUT2D eigenvalue weighted by Gasteiger charge is -2.15. The number of thioether (sulfide) groups is 1. The number of hydrogen-bond donors (Lipinski definition) is 2. The van der Waals surface area contributed by atoms with Gasteiger partial charge in [-0.2, -0.15) is 0 Å². The van der Waals surface area contributed by atoms with Crippen LogP contribution in [0.5, 0.6) is 0 Å². The van der Waals surface area contributed by atoms with Crippen molar-refractivity contribution in [2.24, 2.45) is 0 Å². The maximum absolute atomic E-state index is 9.82. The van der Waals surface area contributed by atoms with Crippen LogP contribution >= 0.6 is 11.8 Å². The maximum Gasteiger partial charge on any atom is 0.0798 e. The van der Waals surface area contributed by atoms with E-state index in [0.29, 0.717) is 6.42 Å². The summed E-state index contributed by atoms with van der Waals surface area (Å²) in [6, 6.07) is 7.83. The van der Waals surface area contributed by atoms with Crippen molar-refractivity contribution in [3.8, 4) is 0 Å². The first kappa shape index (κ1) is 12.6. The fourth-order valence-electron chi connectivity index (χ4n) is 1.34. The SMILES string of the molecule is CC[C@@H](O)c1ccccc1SC(C)CO. The van der Waals surface area contributed by atoms with Crippen molar-refractivity contribution in [2.75, 3.05) is 6.61 Å². The fourth-order valence-corrected chi connectivity index (χ4v) is 2.34. The third-order valence-electron chi connectivity index (χ3n) is 2.25. The summed E-state index contributed by atoms with van der Waals surface area (Å²) in [4.78, 5) is 1.06. The van der Waals surface area contributed by atoms with Crippen molar-refractivity contribution in [1.29, 1.82) is 0 Å². The molecule has 0 saturated carbocycles. The van der Waals surface area contributed by atoms with Crippen LogP contribution in [0.3, 0.4) is 0 Å². The molecular formula is C12H18O2S. The highest BCUT2D eigenvalue weighted by atomic mass is 32.2. The van der Waals surface area contributed by atoms with E-state index in [1.807, 2.05) is 38.1 Å². The lowest BCUT2D eigenvalue weighted by atomic mass is 10.1. The van der Waals surface area contributed by atoms with Gasteiger partial charge in [0.05, 0.1) is 12.7 Å². The van der Waals surface area contributed by atoms with Crippen LogP contribution < -0.4 is 0 Å². The summed E-state index contributed by atoms with van der Waals surface area (Å²) < 4.78 is 0. The highest BCUT2D eigenvalue weighted by Gasteiger charge is 2.12. The van der Waals surface area contributed by atoms with Gasteiger partial charge in [-0.15, -0.1) is 11.8 Å². The molecule has 0 bridgehead atoms. The minimum Gasteiger partial charge on any atom is -0.395 e. The Morgan fingerprint density at radius 1 is 1.33 bits per heavy atom. The molecule has 1 rings (SSSR count). The fraction of sp³-hybridized carbons (Fsp3) is 0.500. The van der Waals surface area contributed by atoms with E-state index in [1.165, 1.54) is 0 Å². The van der Waals surface area contributed by atoms with Crippen molar-refractivity contribution >= 4 is 11.8 Å². The first-order chi connectivity index (χ1) is 7.19. The molecular weight excluding hydrogens is 208 g/mol. The zero-order valence-electron chi connectivity index (χ0n) is 9.18. The second kappa shape index (κ2) is 6.16. The highest BCUT2D eigenvalue weighted by Crippen LogP contribution is 2.31. The minimum atomic E-state index is -0.403. The van der Waals surface area contributed by atoms with Crippen LogP contribution in [0, 0.1) is 0 Å². The molecule has 0 aliphatic carbocycles. The number of hydrogen-bond acceptors (Lipinski definition) is 3. The van der Waals surface area contributed by atoms with Gasteiger partial charge in [-0.3, -0.25) is 0 Å². The molecule has 0 amide bonds. The van der Waals surface area contributed by atoms with E-state index in [-0.39, 0.29) is 11.9 Å². The zero-order valence-corrected chi connectivity index (χ0v) is 10.00. The molecule has 0 aromatic heterocycles.